The van der Waals surface area contributed by atoms with Gasteiger partial charge >= 0.3 is 5.97 Å². The highest BCUT2D eigenvalue weighted by Gasteiger charge is 2.47. The fourth-order valence-corrected chi connectivity index (χ4v) is 4.70. The number of ether oxygens (including phenoxy) is 3. The number of carbonyl (C=O) groups excluding carboxylic acids is 1. The molecule has 5 nitrogen and oxygen atoms in total. The number of nitrogens with one attached hydrogen (secondary N) is 1. The Morgan fingerprint density at radius 1 is 0.974 bits per heavy atom. The molecule has 1 aliphatic rings. The number of carbonyl (C=O) groups is 1. The van der Waals surface area contributed by atoms with Crippen LogP contribution in [0, 0.1) is 12.3 Å². The van der Waals surface area contributed by atoms with Crippen LogP contribution in [-0.4, -0.2) is 24.3 Å². The molecular weight excluding hydrogens is 474 g/mol. The number of hydrogen-bond donors (Lipinski definition) is 1. The average molecular weight is 516 g/mol. The van der Waals surface area contributed by atoms with Crippen LogP contribution in [0.3, 0.4) is 0 Å². The van der Waals surface area contributed by atoms with Gasteiger partial charge < -0.3 is 19.5 Å². The Balaban J connectivity index is 1.59. The van der Waals surface area contributed by atoms with Gasteiger partial charge in [0.2, 0.25) is 0 Å². The summed E-state index contributed by atoms with van der Waals surface area (Å²) < 4.78 is 19.1. The second kappa shape index (κ2) is 11.6. The molecule has 0 aromatic heterocycles. The van der Waals surface area contributed by atoms with Crippen LogP contribution in [0.15, 0.2) is 72.8 Å². The summed E-state index contributed by atoms with van der Waals surface area (Å²) >= 11 is 0. The second-order valence-corrected chi connectivity index (χ2v) is 12.0. The lowest BCUT2D eigenvalue weighted by Crippen LogP contribution is -2.52. The molecule has 0 radical (unpaired) electrons. The molecule has 0 bridgehead atoms. The zero-order valence-corrected chi connectivity index (χ0v) is 23.5. The van der Waals surface area contributed by atoms with Crippen molar-refractivity contribution in [2.45, 2.75) is 78.7 Å². The SMILES string of the molecule is Cc1ccc(CNc2ccc3c(c2)C(OCCc2ccccc2)C(OC(=O)CC(C)(C)C)C(C)(C)O3)cc1. The zero-order valence-electron chi connectivity index (χ0n) is 23.5. The Morgan fingerprint density at radius 3 is 2.37 bits per heavy atom. The highest BCUT2D eigenvalue weighted by atomic mass is 16.6. The molecule has 0 saturated carbocycles. The number of aryl methyl sites for hydroxylation is 1. The second-order valence-electron chi connectivity index (χ2n) is 12.0. The standard InChI is InChI=1S/C33H41NO4/c1-23-12-14-25(15-13-23)22-34-26-16-17-28-27(20-26)30(36-19-18-24-10-8-7-9-11-24)31(33(5,6)38-28)37-29(35)21-32(2,3)4/h7-17,20,30-31,34H,18-19,21-22H2,1-6H3. The van der Waals surface area contributed by atoms with Crippen LogP contribution in [-0.2, 0) is 27.2 Å². The van der Waals surface area contributed by atoms with Gasteiger partial charge in [-0.05, 0) is 61.9 Å². The first-order valence-corrected chi connectivity index (χ1v) is 13.5. The van der Waals surface area contributed by atoms with Gasteiger partial charge in [-0.2, -0.15) is 0 Å². The van der Waals surface area contributed by atoms with Gasteiger partial charge in [0.15, 0.2) is 6.10 Å². The molecule has 0 saturated heterocycles. The number of hydrogen-bond acceptors (Lipinski definition) is 5. The van der Waals surface area contributed by atoms with Gasteiger partial charge in [-0.25, -0.2) is 0 Å². The lowest BCUT2D eigenvalue weighted by molar-refractivity contribution is -0.186. The first-order valence-electron chi connectivity index (χ1n) is 13.5. The Kier molecular flexibility index (Phi) is 8.47. The summed E-state index contributed by atoms with van der Waals surface area (Å²) in [7, 11) is 0. The monoisotopic (exact) mass is 515 g/mol. The third kappa shape index (κ3) is 7.38. The van der Waals surface area contributed by atoms with Crippen LogP contribution < -0.4 is 10.1 Å². The number of esters is 1. The van der Waals surface area contributed by atoms with E-state index >= 15 is 0 Å². The fraction of sp³-hybridized carbons (Fsp3) is 0.424. The molecule has 0 fully saturated rings. The number of rotatable bonds is 9. The van der Waals surface area contributed by atoms with Crippen molar-refractivity contribution in [1.29, 1.82) is 0 Å². The molecule has 0 amide bonds. The summed E-state index contributed by atoms with van der Waals surface area (Å²) in [5.41, 5.74) is 4.57. The van der Waals surface area contributed by atoms with Gasteiger partial charge in [0.05, 0.1) is 13.0 Å². The van der Waals surface area contributed by atoms with Crippen LogP contribution in [0.25, 0.3) is 0 Å². The number of benzene rings is 3. The molecule has 4 rings (SSSR count). The van der Waals surface area contributed by atoms with Crippen molar-refractivity contribution in [3.8, 4) is 5.75 Å². The first kappa shape index (κ1) is 27.7. The Morgan fingerprint density at radius 2 is 1.68 bits per heavy atom. The van der Waals surface area contributed by atoms with Gasteiger partial charge in [0, 0.05) is 17.8 Å². The summed E-state index contributed by atoms with van der Waals surface area (Å²) in [6, 6.07) is 24.8. The normalized spacial score (nSPS) is 18.3. The predicted octanol–water partition coefficient (Wildman–Crippen LogP) is 7.43. The Labute approximate surface area is 227 Å². The van der Waals surface area contributed by atoms with E-state index in [1.54, 1.807) is 0 Å². The molecular formula is C33H41NO4. The van der Waals surface area contributed by atoms with Gasteiger partial charge in [0.25, 0.3) is 0 Å². The van der Waals surface area contributed by atoms with Crippen molar-refractivity contribution in [2.75, 3.05) is 11.9 Å². The van der Waals surface area contributed by atoms with Crippen molar-refractivity contribution in [3.05, 3.63) is 95.1 Å². The summed E-state index contributed by atoms with van der Waals surface area (Å²) in [5.74, 6) is 0.511. The van der Waals surface area contributed by atoms with E-state index in [-0.39, 0.29) is 11.4 Å². The summed E-state index contributed by atoms with van der Waals surface area (Å²) in [4.78, 5) is 13.0. The van der Waals surface area contributed by atoms with E-state index in [4.69, 9.17) is 14.2 Å². The van der Waals surface area contributed by atoms with Crippen molar-refractivity contribution < 1.29 is 19.0 Å². The maximum atomic E-state index is 13.0. The number of anilines is 1. The lowest BCUT2D eigenvalue weighted by Gasteiger charge is -2.44. The van der Waals surface area contributed by atoms with E-state index in [0.717, 1.165) is 23.4 Å². The zero-order chi connectivity index (χ0) is 27.3. The molecule has 3 aromatic carbocycles. The maximum Gasteiger partial charge on any atom is 0.306 e. The third-order valence-corrected chi connectivity index (χ3v) is 6.73. The highest BCUT2D eigenvalue weighted by Crippen LogP contribution is 2.44. The predicted molar refractivity (Wildman–Crippen MR) is 152 cm³/mol. The largest absolute Gasteiger partial charge is 0.483 e. The van der Waals surface area contributed by atoms with Crippen molar-refractivity contribution >= 4 is 11.7 Å². The molecule has 0 spiro atoms. The quantitative estimate of drug-likeness (QED) is 0.300. The molecule has 5 heteroatoms. The third-order valence-electron chi connectivity index (χ3n) is 6.73. The van der Waals surface area contributed by atoms with E-state index in [2.05, 4.69) is 54.7 Å². The first-order chi connectivity index (χ1) is 18.0. The lowest BCUT2D eigenvalue weighted by atomic mass is 9.87. The van der Waals surface area contributed by atoms with Gasteiger partial charge in [-0.15, -0.1) is 0 Å². The van der Waals surface area contributed by atoms with Gasteiger partial charge in [0.1, 0.15) is 17.5 Å². The Bertz CT molecular complexity index is 1210. The summed E-state index contributed by atoms with van der Waals surface area (Å²) in [6.45, 7) is 13.3. The molecule has 1 aliphatic heterocycles. The molecule has 2 atom stereocenters. The minimum absolute atomic E-state index is 0.175. The smallest absolute Gasteiger partial charge is 0.306 e. The van der Waals surface area contributed by atoms with Crippen LogP contribution in [0.2, 0.25) is 0 Å². The maximum absolute atomic E-state index is 13.0. The molecule has 1 N–H and O–H groups in total. The van der Waals surface area contributed by atoms with Crippen molar-refractivity contribution in [2.24, 2.45) is 5.41 Å². The van der Waals surface area contributed by atoms with Crippen LogP contribution in [0.5, 0.6) is 5.75 Å². The van der Waals surface area contributed by atoms with Crippen molar-refractivity contribution in [3.63, 3.8) is 0 Å². The summed E-state index contributed by atoms with van der Waals surface area (Å²) in [5, 5.41) is 3.52. The molecule has 3 aromatic rings. The van der Waals surface area contributed by atoms with E-state index in [1.165, 1.54) is 16.7 Å². The van der Waals surface area contributed by atoms with Gasteiger partial charge in [-0.3, -0.25) is 4.79 Å². The minimum Gasteiger partial charge on any atom is -0.483 e. The molecule has 2 unspecified atom stereocenters. The molecule has 202 valence electrons. The topological polar surface area (TPSA) is 56.8 Å². The van der Waals surface area contributed by atoms with Gasteiger partial charge in [-0.1, -0.05) is 80.9 Å². The molecule has 38 heavy (non-hydrogen) atoms. The molecule has 1 heterocycles. The van der Waals surface area contributed by atoms with E-state index in [0.29, 0.717) is 19.6 Å². The fourth-order valence-electron chi connectivity index (χ4n) is 4.70. The average Bonchev–Trinajstić information content (AvgIpc) is 2.85. The Hall–Kier alpha value is -3.31. The van der Waals surface area contributed by atoms with Crippen molar-refractivity contribution in [1.82, 2.24) is 0 Å². The number of fused-ring (bicyclic) bond motifs is 1. The minimum atomic E-state index is -0.755. The van der Waals surface area contributed by atoms with E-state index in [1.807, 2.05) is 65.0 Å². The van der Waals surface area contributed by atoms with E-state index < -0.39 is 17.8 Å². The van der Waals surface area contributed by atoms with E-state index in [9.17, 15) is 4.79 Å². The highest BCUT2D eigenvalue weighted by molar-refractivity contribution is 5.70. The van der Waals surface area contributed by atoms with Crippen LogP contribution in [0.4, 0.5) is 5.69 Å². The van der Waals surface area contributed by atoms with Crippen LogP contribution in [0.1, 0.15) is 69.4 Å². The van der Waals surface area contributed by atoms with Crippen LogP contribution >= 0.6 is 0 Å². The molecule has 0 aliphatic carbocycles. The summed E-state index contributed by atoms with van der Waals surface area (Å²) in [6.07, 6.45) is 0.0408.